The summed E-state index contributed by atoms with van der Waals surface area (Å²) >= 11 is 7.23. The SMILES string of the molecule is CC1CC(C)(C)S[P@@](C)(=S)O1. The van der Waals surface area contributed by atoms with Gasteiger partial charge < -0.3 is 4.52 Å². The van der Waals surface area contributed by atoms with Crippen molar-refractivity contribution in [1.82, 2.24) is 0 Å². The molecule has 0 aromatic heterocycles. The maximum Gasteiger partial charge on any atom is 0.117 e. The van der Waals surface area contributed by atoms with Crippen molar-refractivity contribution < 1.29 is 4.52 Å². The summed E-state index contributed by atoms with van der Waals surface area (Å²) in [5.41, 5.74) is -1.51. The molecule has 1 aliphatic rings. The lowest BCUT2D eigenvalue weighted by Gasteiger charge is -2.38. The molecular weight excluding hydrogens is 195 g/mol. The van der Waals surface area contributed by atoms with Gasteiger partial charge in [-0.2, -0.15) is 0 Å². The van der Waals surface area contributed by atoms with Crippen LogP contribution in [0.5, 0.6) is 0 Å². The van der Waals surface area contributed by atoms with E-state index in [-0.39, 0.29) is 0 Å². The second-order valence-corrected chi connectivity index (χ2v) is 12.2. The van der Waals surface area contributed by atoms with E-state index >= 15 is 0 Å². The first-order chi connectivity index (χ1) is 4.81. The lowest BCUT2D eigenvalue weighted by Crippen LogP contribution is -2.27. The summed E-state index contributed by atoms with van der Waals surface area (Å²) in [7, 11) is 0. The van der Waals surface area contributed by atoms with Crippen LogP contribution in [0.1, 0.15) is 27.2 Å². The molecular formula is C7H15OPS2. The molecule has 0 aliphatic carbocycles. The summed E-state index contributed by atoms with van der Waals surface area (Å²) in [6.45, 7) is 8.69. The fourth-order valence-corrected chi connectivity index (χ4v) is 9.29. The fraction of sp³-hybridized carbons (Fsp3) is 1.00. The van der Waals surface area contributed by atoms with E-state index in [9.17, 15) is 0 Å². The van der Waals surface area contributed by atoms with Gasteiger partial charge in [-0.05, 0) is 20.0 Å². The second-order valence-electron chi connectivity index (χ2n) is 3.74. The Kier molecular flexibility index (Phi) is 2.76. The molecule has 0 bridgehead atoms. The van der Waals surface area contributed by atoms with Crippen LogP contribution in [0.3, 0.4) is 0 Å². The molecule has 66 valence electrons. The summed E-state index contributed by atoms with van der Waals surface area (Å²) in [5.74, 6) is 0. The van der Waals surface area contributed by atoms with Crippen LogP contribution in [0.4, 0.5) is 0 Å². The topological polar surface area (TPSA) is 9.23 Å². The van der Waals surface area contributed by atoms with Gasteiger partial charge in [0, 0.05) is 4.75 Å². The van der Waals surface area contributed by atoms with Crippen LogP contribution in [0.15, 0.2) is 0 Å². The molecule has 2 atom stereocenters. The minimum atomic E-state index is -1.51. The smallest absolute Gasteiger partial charge is 0.117 e. The van der Waals surface area contributed by atoms with Crippen molar-refractivity contribution in [2.75, 3.05) is 6.66 Å². The van der Waals surface area contributed by atoms with Crippen molar-refractivity contribution in [3.05, 3.63) is 0 Å². The van der Waals surface area contributed by atoms with Crippen molar-refractivity contribution in [1.29, 1.82) is 0 Å². The highest BCUT2D eigenvalue weighted by Crippen LogP contribution is 2.66. The molecule has 1 aliphatic heterocycles. The van der Waals surface area contributed by atoms with E-state index in [1.807, 2.05) is 11.4 Å². The van der Waals surface area contributed by atoms with Crippen LogP contribution in [-0.2, 0) is 16.3 Å². The summed E-state index contributed by atoms with van der Waals surface area (Å²) in [6, 6.07) is 0. The lowest BCUT2D eigenvalue weighted by molar-refractivity contribution is 0.221. The predicted molar refractivity (Wildman–Crippen MR) is 57.0 cm³/mol. The van der Waals surface area contributed by atoms with E-state index in [0.29, 0.717) is 10.9 Å². The first kappa shape index (κ1) is 10.0. The lowest BCUT2D eigenvalue weighted by atomic mass is 10.1. The monoisotopic (exact) mass is 210 g/mol. The minimum absolute atomic E-state index is 0.321. The highest BCUT2D eigenvalue weighted by molar-refractivity contribution is 8.69. The van der Waals surface area contributed by atoms with Crippen LogP contribution in [0.25, 0.3) is 0 Å². The summed E-state index contributed by atoms with van der Waals surface area (Å²) < 4.78 is 6.02. The first-order valence-electron chi connectivity index (χ1n) is 3.77. The predicted octanol–water partition coefficient (Wildman–Crippen LogP) is 3.25. The molecule has 1 rings (SSSR count). The maximum absolute atomic E-state index is 5.70. The van der Waals surface area contributed by atoms with Crippen molar-refractivity contribution in [2.45, 2.75) is 38.0 Å². The van der Waals surface area contributed by atoms with Crippen LogP contribution in [0.2, 0.25) is 0 Å². The van der Waals surface area contributed by atoms with E-state index in [1.165, 1.54) is 0 Å². The molecule has 0 amide bonds. The van der Waals surface area contributed by atoms with E-state index in [1.54, 1.807) is 0 Å². The molecule has 0 N–H and O–H groups in total. The van der Waals surface area contributed by atoms with Gasteiger partial charge in [0.05, 0.1) is 6.10 Å². The normalized spacial score (nSPS) is 43.8. The number of hydrogen-bond acceptors (Lipinski definition) is 3. The van der Waals surface area contributed by atoms with Gasteiger partial charge in [-0.25, -0.2) is 0 Å². The Morgan fingerprint density at radius 3 is 2.55 bits per heavy atom. The zero-order valence-corrected chi connectivity index (χ0v) is 9.98. The summed E-state index contributed by atoms with van der Waals surface area (Å²) in [5, 5.41) is 0. The molecule has 1 unspecified atom stereocenters. The Balaban J connectivity index is 2.74. The molecule has 1 saturated heterocycles. The van der Waals surface area contributed by atoms with Crippen molar-refractivity contribution in [3.63, 3.8) is 0 Å². The standard InChI is InChI=1S/C7H15OPS2/c1-6-5-7(2,3)11-9(4,10)8-6/h6H,5H2,1-4H3/t6?,9-/m1/s1. The van der Waals surface area contributed by atoms with Gasteiger partial charge >= 0.3 is 0 Å². The number of hydrogen-bond donors (Lipinski definition) is 0. The molecule has 0 aromatic rings. The van der Waals surface area contributed by atoms with Crippen LogP contribution in [0, 0.1) is 0 Å². The highest BCUT2D eigenvalue weighted by atomic mass is 32.9. The van der Waals surface area contributed by atoms with Crippen LogP contribution >= 0.6 is 16.8 Å². The minimum Gasteiger partial charge on any atom is -0.339 e. The summed E-state index contributed by atoms with van der Waals surface area (Å²) in [6.07, 6.45) is 1.46. The van der Waals surface area contributed by atoms with E-state index in [4.69, 9.17) is 16.3 Å². The Hall–Kier alpha value is 0.960. The molecule has 0 aromatic carbocycles. The Bertz CT molecular complexity index is 203. The van der Waals surface area contributed by atoms with Crippen molar-refractivity contribution in [2.24, 2.45) is 0 Å². The van der Waals surface area contributed by atoms with Crippen LogP contribution < -0.4 is 0 Å². The van der Waals surface area contributed by atoms with Gasteiger partial charge in [-0.15, -0.1) is 0 Å². The zero-order chi connectivity index (χ0) is 8.70. The molecule has 0 saturated carbocycles. The van der Waals surface area contributed by atoms with Gasteiger partial charge in [0.1, 0.15) is 5.47 Å². The van der Waals surface area contributed by atoms with Gasteiger partial charge in [-0.1, -0.05) is 37.0 Å². The van der Waals surface area contributed by atoms with Crippen molar-refractivity contribution in [3.8, 4) is 0 Å². The fourth-order valence-electron chi connectivity index (χ4n) is 1.56. The third kappa shape index (κ3) is 3.06. The molecule has 0 radical (unpaired) electrons. The Morgan fingerprint density at radius 1 is 1.64 bits per heavy atom. The Labute approximate surface area is 78.1 Å². The van der Waals surface area contributed by atoms with E-state index in [0.717, 1.165) is 6.42 Å². The largest absolute Gasteiger partial charge is 0.339 e. The molecule has 4 heteroatoms. The van der Waals surface area contributed by atoms with E-state index in [2.05, 4.69) is 27.4 Å². The molecule has 1 nitrogen and oxygen atoms in total. The third-order valence-corrected chi connectivity index (χ3v) is 6.96. The summed E-state index contributed by atoms with van der Waals surface area (Å²) in [4.78, 5) is 0. The highest BCUT2D eigenvalue weighted by Gasteiger charge is 2.34. The van der Waals surface area contributed by atoms with Gasteiger partial charge in [0.25, 0.3) is 0 Å². The van der Waals surface area contributed by atoms with E-state index < -0.39 is 5.47 Å². The molecule has 1 fully saturated rings. The van der Waals surface area contributed by atoms with Crippen LogP contribution in [-0.4, -0.2) is 17.5 Å². The third-order valence-electron chi connectivity index (χ3n) is 1.56. The first-order valence-corrected chi connectivity index (χ1v) is 8.36. The average molecular weight is 210 g/mol. The molecule has 11 heavy (non-hydrogen) atoms. The van der Waals surface area contributed by atoms with Crippen molar-refractivity contribution >= 4 is 28.7 Å². The molecule has 0 spiro atoms. The molecule has 1 heterocycles. The van der Waals surface area contributed by atoms with Gasteiger partial charge in [0.15, 0.2) is 0 Å². The zero-order valence-electron chi connectivity index (χ0n) is 7.46. The Morgan fingerprint density at radius 2 is 2.18 bits per heavy atom. The van der Waals surface area contributed by atoms with Gasteiger partial charge in [-0.3, -0.25) is 0 Å². The number of rotatable bonds is 0. The maximum atomic E-state index is 5.70. The second kappa shape index (κ2) is 3.02. The average Bonchev–Trinajstić information content (AvgIpc) is 1.49. The quantitative estimate of drug-likeness (QED) is 0.568. The van der Waals surface area contributed by atoms with Gasteiger partial charge in [0.2, 0.25) is 0 Å².